The third-order valence-corrected chi connectivity index (χ3v) is 6.62. The van der Waals surface area contributed by atoms with Crippen LogP contribution in [0.15, 0.2) is 65.6 Å². The Morgan fingerprint density at radius 1 is 1.09 bits per heavy atom. The number of ether oxygens (including phenoxy) is 2. The average molecular weight is 491 g/mol. The Morgan fingerprint density at radius 2 is 1.82 bits per heavy atom. The maximum atomic E-state index is 14.5. The molecule has 1 saturated heterocycles. The minimum absolute atomic E-state index is 0.0372. The highest BCUT2D eigenvalue weighted by Crippen LogP contribution is 2.40. The zero-order chi connectivity index (χ0) is 23.8. The van der Waals surface area contributed by atoms with Gasteiger partial charge in [0.25, 0.3) is 0 Å². The smallest absolute Gasteiger partial charge is 0.238 e. The Balaban J connectivity index is 1.58. The van der Waals surface area contributed by atoms with Gasteiger partial charge in [-0.3, -0.25) is 4.79 Å². The second-order valence-corrected chi connectivity index (χ2v) is 9.48. The first-order valence-corrected chi connectivity index (χ1v) is 11.8. The fraction of sp³-hybridized carbons (Fsp3) is 0.174. The molecule has 0 unspecified atom stereocenters. The van der Waals surface area contributed by atoms with Gasteiger partial charge in [0.1, 0.15) is 0 Å². The molecule has 33 heavy (non-hydrogen) atoms. The SMILES string of the molecule is COc1cccc(Cl)c1Oc1cc([C@H]2CC(=O)N(c3ccc(S(N)(=O)=O)cc3)C2)ccc1F. The summed E-state index contributed by atoms with van der Waals surface area (Å²) in [6.07, 6.45) is 0.206. The van der Waals surface area contributed by atoms with E-state index in [1.165, 1.54) is 37.4 Å². The number of amides is 1. The molecule has 1 atom stereocenters. The lowest BCUT2D eigenvalue weighted by molar-refractivity contribution is -0.117. The van der Waals surface area contributed by atoms with Crippen molar-refractivity contribution in [3.8, 4) is 17.2 Å². The quantitative estimate of drug-likeness (QED) is 0.550. The van der Waals surface area contributed by atoms with Crippen LogP contribution in [0.2, 0.25) is 5.02 Å². The van der Waals surface area contributed by atoms with Crippen LogP contribution in [0.3, 0.4) is 0 Å². The summed E-state index contributed by atoms with van der Waals surface area (Å²) in [6, 6.07) is 15.1. The monoisotopic (exact) mass is 490 g/mol. The number of nitrogens with zero attached hydrogens (tertiary/aromatic N) is 1. The van der Waals surface area contributed by atoms with E-state index < -0.39 is 15.8 Å². The molecule has 1 aliphatic rings. The molecule has 4 rings (SSSR count). The van der Waals surface area contributed by atoms with Gasteiger partial charge >= 0.3 is 0 Å². The van der Waals surface area contributed by atoms with Crippen LogP contribution in [-0.2, 0) is 14.8 Å². The molecule has 1 aliphatic heterocycles. The lowest BCUT2D eigenvalue weighted by Gasteiger charge is -2.18. The first kappa shape index (κ1) is 23.0. The van der Waals surface area contributed by atoms with Crippen molar-refractivity contribution in [1.82, 2.24) is 0 Å². The van der Waals surface area contributed by atoms with Crippen LogP contribution in [-0.4, -0.2) is 28.0 Å². The molecule has 3 aromatic carbocycles. The average Bonchev–Trinajstić information content (AvgIpc) is 3.17. The maximum Gasteiger partial charge on any atom is 0.238 e. The molecule has 0 radical (unpaired) electrons. The molecule has 1 fully saturated rings. The highest BCUT2D eigenvalue weighted by Gasteiger charge is 2.32. The number of hydrogen-bond donors (Lipinski definition) is 1. The molecule has 10 heteroatoms. The van der Waals surface area contributed by atoms with Gasteiger partial charge in [-0.1, -0.05) is 23.7 Å². The van der Waals surface area contributed by atoms with Crippen LogP contribution in [0.4, 0.5) is 10.1 Å². The van der Waals surface area contributed by atoms with Gasteiger partial charge < -0.3 is 14.4 Å². The zero-order valence-corrected chi connectivity index (χ0v) is 19.1. The summed E-state index contributed by atoms with van der Waals surface area (Å²) in [6.45, 7) is 0.341. The number of halogens is 2. The molecular weight excluding hydrogens is 471 g/mol. The standard InChI is InChI=1S/C23H20ClFN2O5S/c1-31-20-4-2-3-18(24)23(20)32-21-11-14(5-10-19(21)25)15-12-22(28)27(13-15)16-6-8-17(9-7-16)33(26,29)30/h2-11,15H,12-13H2,1H3,(H2,26,29,30)/t15-/m0/s1. The number of methoxy groups -OCH3 is 1. The Hall–Kier alpha value is -3.14. The highest BCUT2D eigenvalue weighted by atomic mass is 35.5. The summed E-state index contributed by atoms with van der Waals surface area (Å²) in [5, 5.41) is 5.40. The number of benzene rings is 3. The molecule has 0 bridgehead atoms. The summed E-state index contributed by atoms with van der Waals surface area (Å²) < 4.78 is 48.4. The molecule has 1 heterocycles. The minimum Gasteiger partial charge on any atom is -0.493 e. The molecular formula is C23H20ClFN2O5S. The van der Waals surface area contributed by atoms with Crippen molar-refractivity contribution in [3.63, 3.8) is 0 Å². The lowest BCUT2D eigenvalue weighted by Crippen LogP contribution is -2.24. The molecule has 172 valence electrons. The number of para-hydroxylation sites is 1. The summed E-state index contributed by atoms with van der Waals surface area (Å²) in [7, 11) is -2.37. The van der Waals surface area contributed by atoms with Gasteiger partial charge in [0.2, 0.25) is 15.9 Å². The first-order valence-electron chi connectivity index (χ1n) is 9.90. The molecule has 3 aromatic rings. The van der Waals surface area contributed by atoms with E-state index >= 15 is 0 Å². The number of carbonyl (C=O) groups is 1. The summed E-state index contributed by atoms with van der Waals surface area (Å²) >= 11 is 6.20. The largest absolute Gasteiger partial charge is 0.493 e. The van der Waals surface area contributed by atoms with Crippen LogP contribution < -0.4 is 19.5 Å². The number of carbonyl (C=O) groups excluding carboxylic acids is 1. The third-order valence-electron chi connectivity index (χ3n) is 5.39. The van der Waals surface area contributed by atoms with Crippen LogP contribution >= 0.6 is 11.6 Å². The third kappa shape index (κ3) is 4.80. The maximum absolute atomic E-state index is 14.5. The van der Waals surface area contributed by atoms with Crippen molar-refractivity contribution in [3.05, 3.63) is 77.1 Å². The Bertz CT molecular complexity index is 1310. The normalized spacial score (nSPS) is 16.2. The number of sulfonamides is 1. The molecule has 0 aliphatic carbocycles. The predicted molar refractivity (Wildman–Crippen MR) is 122 cm³/mol. The van der Waals surface area contributed by atoms with Gasteiger partial charge in [-0.15, -0.1) is 0 Å². The number of rotatable bonds is 6. The van der Waals surface area contributed by atoms with Gasteiger partial charge in [0.15, 0.2) is 23.1 Å². The van der Waals surface area contributed by atoms with E-state index in [2.05, 4.69) is 0 Å². The Labute approximate surface area is 195 Å². The van der Waals surface area contributed by atoms with Crippen LogP contribution in [0, 0.1) is 5.82 Å². The van der Waals surface area contributed by atoms with Crippen LogP contribution in [0.5, 0.6) is 17.2 Å². The van der Waals surface area contributed by atoms with Crippen molar-refractivity contribution in [2.45, 2.75) is 17.2 Å². The van der Waals surface area contributed by atoms with E-state index in [0.29, 0.717) is 18.0 Å². The second kappa shape index (κ2) is 9.01. The van der Waals surface area contributed by atoms with Gasteiger partial charge in [-0.05, 0) is 54.1 Å². The molecule has 1 amide bonds. The zero-order valence-electron chi connectivity index (χ0n) is 17.5. The lowest BCUT2D eigenvalue weighted by atomic mass is 9.98. The minimum atomic E-state index is -3.82. The van der Waals surface area contributed by atoms with Gasteiger partial charge in [0.05, 0.1) is 17.0 Å². The molecule has 0 aromatic heterocycles. The van der Waals surface area contributed by atoms with E-state index in [9.17, 15) is 17.6 Å². The van der Waals surface area contributed by atoms with Gasteiger partial charge in [0, 0.05) is 24.6 Å². The van der Waals surface area contributed by atoms with Crippen molar-refractivity contribution in [2.75, 3.05) is 18.6 Å². The van der Waals surface area contributed by atoms with E-state index in [0.717, 1.165) is 5.56 Å². The first-order chi connectivity index (χ1) is 15.7. The van der Waals surface area contributed by atoms with Crippen LogP contribution in [0.25, 0.3) is 0 Å². The number of anilines is 1. The topological polar surface area (TPSA) is 98.9 Å². The van der Waals surface area contributed by atoms with Crippen LogP contribution in [0.1, 0.15) is 17.9 Å². The van der Waals surface area contributed by atoms with Gasteiger partial charge in [-0.2, -0.15) is 0 Å². The highest BCUT2D eigenvalue weighted by molar-refractivity contribution is 7.89. The number of primary sulfonamides is 1. The van der Waals surface area contributed by atoms with Crippen molar-refractivity contribution >= 4 is 33.2 Å². The summed E-state index contributed by atoms with van der Waals surface area (Å²) in [4.78, 5) is 14.2. The van der Waals surface area contributed by atoms with Crippen molar-refractivity contribution < 1.29 is 27.1 Å². The fourth-order valence-electron chi connectivity index (χ4n) is 3.71. The molecule has 2 N–H and O–H groups in total. The van der Waals surface area contributed by atoms with Crippen molar-refractivity contribution in [2.24, 2.45) is 5.14 Å². The van der Waals surface area contributed by atoms with E-state index in [-0.39, 0.29) is 39.7 Å². The van der Waals surface area contributed by atoms with Crippen molar-refractivity contribution in [1.29, 1.82) is 0 Å². The van der Waals surface area contributed by atoms with E-state index in [1.54, 1.807) is 35.2 Å². The second-order valence-electron chi connectivity index (χ2n) is 7.51. The number of nitrogens with two attached hydrogens (primary N) is 1. The van der Waals surface area contributed by atoms with Gasteiger partial charge in [-0.25, -0.2) is 17.9 Å². The van der Waals surface area contributed by atoms with E-state index in [4.69, 9.17) is 26.2 Å². The molecule has 0 spiro atoms. The predicted octanol–water partition coefficient (Wildman–Crippen LogP) is 4.45. The fourth-order valence-corrected chi connectivity index (χ4v) is 4.43. The molecule has 0 saturated carbocycles. The summed E-state index contributed by atoms with van der Waals surface area (Å²) in [5.41, 5.74) is 1.27. The summed E-state index contributed by atoms with van der Waals surface area (Å²) in [5.74, 6) is -0.425. The molecule has 7 nitrogen and oxygen atoms in total. The number of hydrogen-bond acceptors (Lipinski definition) is 5. The Morgan fingerprint density at radius 3 is 2.48 bits per heavy atom. The van der Waals surface area contributed by atoms with E-state index in [1.807, 2.05) is 0 Å². The Kier molecular flexibility index (Phi) is 6.29.